The van der Waals surface area contributed by atoms with Crippen molar-refractivity contribution in [3.63, 3.8) is 0 Å². The first-order valence-corrected chi connectivity index (χ1v) is 1.64. The van der Waals surface area contributed by atoms with E-state index in [0.29, 0.717) is 0 Å². The molecule has 0 aliphatic rings. The summed E-state index contributed by atoms with van der Waals surface area (Å²) in [6, 6.07) is 0. The van der Waals surface area contributed by atoms with Gasteiger partial charge < -0.3 is 0 Å². The van der Waals surface area contributed by atoms with E-state index in [0.717, 1.165) is 0 Å². The third kappa shape index (κ3) is 5.10. The molecule has 0 saturated heterocycles. The molecule has 0 atom stereocenters. The predicted molar refractivity (Wildman–Crippen MR) is 20.1 cm³/mol. The van der Waals surface area contributed by atoms with Crippen LogP contribution in [0.2, 0.25) is 0 Å². The summed E-state index contributed by atoms with van der Waals surface area (Å²) in [5.74, 6) is 0. The first-order valence-electron chi connectivity index (χ1n) is 1.64. The van der Waals surface area contributed by atoms with Crippen molar-refractivity contribution in [1.29, 1.82) is 0 Å². The predicted octanol–water partition coefficient (Wildman–Crippen LogP) is 1.86. The second kappa shape index (κ2) is 2.42. The van der Waals surface area contributed by atoms with Crippen LogP contribution in [-0.4, -0.2) is 12.7 Å². The van der Waals surface area contributed by atoms with Crippen molar-refractivity contribution in [1.82, 2.24) is 0 Å². The first-order chi connectivity index (χ1) is 3.56. The summed E-state index contributed by atoms with van der Waals surface area (Å²) in [4.78, 5) is 1.93. The monoisotopic (exact) mass is 125 g/mol. The lowest BCUT2D eigenvalue weighted by atomic mass is 10.7. The van der Waals surface area contributed by atoms with Crippen molar-refractivity contribution in [2.75, 3.05) is 6.54 Å². The van der Waals surface area contributed by atoms with Gasteiger partial charge in [-0.25, -0.2) is 0 Å². The van der Waals surface area contributed by atoms with Gasteiger partial charge in [-0.3, -0.25) is 0 Å². The lowest BCUT2D eigenvalue weighted by molar-refractivity contribution is -0.118. The number of nitrogens with zero attached hydrogens (tertiary/aromatic N) is 3. The topological polar surface area (TPSA) is 48.8 Å². The average Bonchev–Trinajstić information content (AvgIpc) is 1.59. The molecule has 0 amide bonds. The van der Waals surface area contributed by atoms with Gasteiger partial charge in [0.1, 0.15) is 6.54 Å². The Kier molecular flexibility index (Phi) is 2.15. The molecule has 6 heteroatoms. The van der Waals surface area contributed by atoms with Crippen molar-refractivity contribution in [2.45, 2.75) is 6.18 Å². The summed E-state index contributed by atoms with van der Waals surface area (Å²) in [5, 5.41) is 2.30. The van der Waals surface area contributed by atoms with Crippen molar-refractivity contribution in [2.24, 2.45) is 5.11 Å². The van der Waals surface area contributed by atoms with Gasteiger partial charge in [0.15, 0.2) is 0 Å². The van der Waals surface area contributed by atoms with Gasteiger partial charge in [-0.1, -0.05) is 5.11 Å². The fourth-order valence-electron chi connectivity index (χ4n) is 0.112. The van der Waals surface area contributed by atoms with Crippen molar-refractivity contribution in [3.05, 3.63) is 10.4 Å². The SMILES string of the molecule is [N-]=[N+]=NCC(F)(F)F. The van der Waals surface area contributed by atoms with E-state index in [2.05, 4.69) is 5.11 Å². The molecule has 0 aliphatic carbocycles. The van der Waals surface area contributed by atoms with Gasteiger partial charge in [0.05, 0.1) is 0 Å². The summed E-state index contributed by atoms with van der Waals surface area (Å²) in [6.07, 6.45) is -4.37. The van der Waals surface area contributed by atoms with Crippen LogP contribution in [0.3, 0.4) is 0 Å². The van der Waals surface area contributed by atoms with Gasteiger partial charge in [-0.2, -0.15) is 13.2 Å². The molecule has 0 saturated carbocycles. The molecular formula is C2H2F3N3. The summed E-state index contributed by atoms with van der Waals surface area (Å²) < 4.78 is 32.9. The van der Waals surface area contributed by atoms with Crippen LogP contribution in [0.15, 0.2) is 5.11 Å². The highest BCUT2D eigenvalue weighted by Crippen LogP contribution is 2.13. The zero-order valence-corrected chi connectivity index (χ0v) is 3.68. The van der Waals surface area contributed by atoms with Crippen LogP contribution < -0.4 is 0 Å². The molecule has 0 N–H and O–H groups in total. The minimum atomic E-state index is -4.37. The van der Waals surface area contributed by atoms with E-state index in [1.807, 2.05) is 4.91 Å². The van der Waals surface area contributed by atoms with Gasteiger partial charge in [0.2, 0.25) is 0 Å². The second-order valence-electron chi connectivity index (χ2n) is 1.00. The van der Waals surface area contributed by atoms with Gasteiger partial charge in [0.25, 0.3) is 0 Å². The molecule has 0 rings (SSSR count). The Bertz CT molecular complexity index is 110. The zero-order chi connectivity index (χ0) is 6.62. The van der Waals surface area contributed by atoms with E-state index < -0.39 is 12.7 Å². The highest BCUT2D eigenvalue weighted by molar-refractivity contribution is 4.54. The van der Waals surface area contributed by atoms with Crippen molar-refractivity contribution < 1.29 is 13.2 Å². The van der Waals surface area contributed by atoms with Gasteiger partial charge in [-0.15, -0.1) is 0 Å². The smallest absolute Gasteiger partial charge is 0.171 e. The van der Waals surface area contributed by atoms with E-state index >= 15 is 0 Å². The van der Waals surface area contributed by atoms with E-state index in [1.165, 1.54) is 0 Å². The van der Waals surface area contributed by atoms with Gasteiger partial charge >= 0.3 is 6.18 Å². The lowest BCUT2D eigenvalue weighted by Gasteiger charge is -1.96. The van der Waals surface area contributed by atoms with E-state index in [4.69, 9.17) is 5.53 Å². The maximum atomic E-state index is 11.0. The van der Waals surface area contributed by atoms with Crippen LogP contribution in [-0.2, 0) is 0 Å². The van der Waals surface area contributed by atoms with Crippen LogP contribution in [0, 0.1) is 0 Å². The fourth-order valence-corrected chi connectivity index (χ4v) is 0.112. The Balaban J connectivity index is 3.55. The molecule has 0 heterocycles. The number of halogens is 3. The highest BCUT2D eigenvalue weighted by atomic mass is 19.4. The van der Waals surface area contributed by atoms with Crippen LogP contribution in [0.5, 0.6) is 0 Å². The summed E-state index contributed by atoms with van der Waals surface area (Å²) in [6.45, 7) is -1.43. The Hall–Kier alpha value is -0.900. The Labute approximate surface area is 42.7 Å². The van der Waals surface area contributed by atoms with Crippen LogP contribution >= 0.6 is 0 Å². The standard InChI is InChI=1S/C2H2F3N3/c3-2(4,5)1-7-8-6/h1H2. The lowest BCUT2D eigenvalue weighted by Crippen LogP contribution is -2.10. The molecule has 46 valence electrons. The molecule has 0 spiro atoms. The van der Waals surface area contributed by atoms with Crippen molar-refractivity contribution in [3.8, 4) is 0 Å². The first kappa shape index (κ1) is 7.10. The summed E-state index contributed by atoms with van der Waals surface area (Å²) >= 11 is 0. The molecule has 8 heavy (non-hydrogen) atoms. The van der Waals surface area contributed by atoms with E-state index in [9.17, 15) is 13.2 Å². The zero-order valence-electron chi connectivity index (χ0n) is 3.68. The number of alkyl halides is 3. The second-order valence-corrected chi connectivity index (χ2v) is 1.00. The third-order valence-corrected chi connectivity index (χ3v) is 0.313. The largest absolute Gasteiger partial charge is 0.394 e. The molecule has 3 nitrogen and oxygen atoms in total. The number of rotatable bonds is 1. The maximum Gasteiger partial charge on any atom is 0.394 e. The van der Waals surface area contributed by atoms with E-state index in [1.54, 1.807) is 0 Å². The Morgan fingerprint density at radius 2 is 2.00 bits per heavy atom. The molecule has 0 aliphatic heterocycles. The molecular weight excluding hydrogens is 123 g/mol. The number of hydrogen-bond donors (Lipinski definition) is 0. The maximum absolute atomic E-state index is 11.0. The Morgan fingerprint density at radius 1 is 1.50 bits per heavy atom. The normalized spacial score (nSPS) is 10.4. The minimum absolute atomic E-state index is 1.43. The summed E-state index contributed by atoms with van der Waals surface area (Å²) in [7, 11) is 0. The molecule has 0 aromatic carbocycles. The molecule has 0 fully saturated rings. The van der Waals surface area contributed by atoms with Gasteiger partial charge in [0, 0.05) is 4.91 Å². The molecule has 0 radical (unpaired) electrons. The number of azide groups is 1. The average molecular weight is 125 g/mol. The molecule has 0 bridgehead atoms. The van der Waals surface area contributed by atoms with E-state index in [-0.39, 0.29) is 0 Å². The molecule has 0 aromatic rings. The number of hydrogen-bond acceptors (Lipinski definition) is 1. The third-order valence-electron chi connectivity index (χ3n) is 0.313. The molecule has 0 unspecified atom stereocenters. The van der Waals surface area contributed by atoms with Crippen molar-refractivity contribution >= 4 is 0 Å². The molecule has 0 aromatic heterocycles. The minimum Gasteiger partial charge on any atom is -0.171 e. The highest BCUT2D eigenvalue weighted by Gasteiger charge is 2.25. The van der Waals surface area contributed by atoms with Gasteiger partial charge in [-0.05, 0) is 5.53 Å². The Morgan fingerprint density at radius 3 is 2.12 bits per heavy atom. The fraction of sp³-hybridized carbons (Fsp3) is 1.00. The summed E-state index contributed by atoms with van der Waals surface area (Å²) in [5.41, 5.74) is 7.39. The quantitative estimate of drug-likeness (QED) is 0.291. The van der Waals surface area contributed by atoms with Crippen LogP contribution in [0.25, 0.3) is 10.4 Å². The van der Waals surface area contributed by atoms with Crippen LogP contribution in [0.1, 0.15) is 0 Å². The van der Waals surface area contributed by atoms with Crippen LogP contribution in [0.4, 0.5) is 13.2 Å².